The van der Waals surface area contributed by atoms with E-state index in [0.717, 1.165) is 5.69 Å². The van der Waals surface area contributed by atoms with Gasteiger partial charge < -0.3 is 10.4 Å². The number of hydrogen-bond acceptors (Lipinski definition) is 2. The largest absolute Gasteiger partial charge is 0.508 e. The smallest absolute Gasteiger partial charge is 0.195 e. The van der Waals surface area contributed by atoms with Gasteiger partial charge in [-0.2, -0.15) is 0 Å². The molecule has 0 aliphatic rings. The first-order valence-electron chi connectivity index (χ1n) is 3.40. The minimum atomic E-state index is 0.227. The molecule has 0 aliphatic carbocycles. The van der Waals surface area contributed by atoms with Gasteiger partial charge in [0.15, 0.2) is 5.29 Å². The van der Waals surface area contributed by atoms with Crippen LogP contribution in [-0.4, -0.2) is 17.4 Å². The Labute approximate surface area is 75.7 Å². The highest BCUT2D eigenvalue weighted by molar-refractivity contribution is 6.67. The van der Waals surface area contributed by atoms with E-state index in [4.69, 9.17) is 16.7 Å². The Hall–Kier alpha value is -1.22. The van der Waals surface area contributed by atoms with Crippen molar-refractivity contribution in [3.63, 3.8) is 0 Å². The molecule has 0 bridgehead atoms. The number of anilines is 1. The summed E-state index contributed by atoms with van der Waals surface area (Å²) in [6.07, 6.45) is 0. The Bertz CT molecular complexity index is 282. The molecule has 12 heavy (non-hydrogen) atoms. The molecule has 0 saturated heterocycles. The minimum Gasteiger partial charge on any atom is -0.508 e. The SMILES string of the molecule is CN=C(Cl)Nc1ccc(O)cc1. The predicted octanol–water partition coefficient (Wildman–Crippen LogP) is 2.03. The summed E-state index contributed by atoms with van der Waals surface area (Å²) in [7, 11) is 1.59. The van der Waals surface area contributed by atoms with Gasteiger partial charge in [-0.25, -0.2) is 0 Å². The molecule has 0 aromatic heterocycles. The fraction of sp³-hybridized carbons (Fsp3) is 0.125. The number of nitrogens with zero attached hydrogens (tertiary/aromatic N) is 1. The lowest BCUT2D eigenvalue weighted by Crippen LogP contribution is -2.03. The number of halogens is 1. The summed E-state index contributed by atoms with van der Waals surface area (Å²) < 4.78 is 0. The highest BCUT2D eigenvalue weighted by atomic mass is 35.5. The summed E-state index contributed by atoms with van der Waals surface area (Å²) in [5, 5.41) is 12.1. The van der Waals surface area contributed by atoms with E-state index in [9.17, 15) is 0 Å². The quantitative estimate of drug-likeness (QED) is 0.304. The second-order valence-corrected chi connectivity index (χ2v) is 2.54. The third-order valence-corrected chi connectivity index (χ3v) is 1.57. The van der Waals surface area contributed by atoms with Crippen LogP contribution >= 0.6 is 11.6 Å². The molecular weight excluding hydrogens is 176 g/mol. The van der Waals surface area contributed by atoms with Gasteiger partial charge in [-0.1, -0.05) is 0 Å². The molecule has 3 nitrogen and oxygen atoms in total. The number of aliphatic imine (C=N–C) groups is 1. The maximum Gasteiger partial charge on any atom is 0.195 e. The van der Waals surface area contributed by atoms with E-state index >= 15 is 0 Å². The summed E-state index contributed by atoms with van der Waals surface area (Å²) in [5.41, 5.74) is 0.795. The van der Waals surface area contributed by atoms with Gasteiger partial charge in [-0.15, -0.1) is 0 Å². The molecule has 0 fully saturated rings. The van der Waals surface area contributed by atoms with E-state index in [0.29, 0.717) is 5.29 Å². The van der Waals surface area contributed by atoms with Crippen LogP contribution in [0.15, 0.2) is 29.3 Å². The first kappa shape index (κ1) is 8.87. The number of nitrogens with one attached hydrogen (secondary N) is 1. The van der Waals surface area contributed by atoms with Crippen LogP contribution in [0.1, 0.15) is 0 Å². The highest BCUT2D eigenvalue weighted by Crippen LogP contribution is 2.13. The van der Waals surface area contributed by atoms with Crippen molar-refractivity contribution in [2.45, 2.75) is 0 Å². The number of aromatic hydroxyl groups is 1. The van der Waals surface area contributed by atoms with E-state index < -0.39 is 0 Å². The molecule has 2 N–H and O–H groups in total. The third-order valence-electron chi connectivity index (χ3n) is 1.31. The average Bonchev–Trinajstić information content (AvgIpc) is 2.09. The van der Waals surface area contributed by atoms with Gasteiger partial charge in [0.25, 0.3) is 0 Å². The van der Waals surface area contributed by atoms with E-state index in [1.165, 1.54) is 0 Å². The van der Waals surface area contributed by atoms with Crippen molar-refractivity contribution < 1.29 is 5.11 Å². The lowest BCUT2D eigenvalue weighted by Gasteiger charge is -2.02. The maximum atomic E-state index is 8.96. The normalized spacial score (nSPS) is 11.3. The molecule has 0 atom stereocenters. The van der Waals surface area contributed by atoms with Crippen molar-refractivity contribution in [1.29, 1.82) is 0 Å². The van der Waals surface area contributed by atoms with Crippen LogP contribution in [0.3, 0.4) is 0 Å². The van der Waals surface area contributed by atoms with Gasteiger partial charge in [-0.05, 0) is 35.9 Å². The molecule has 0 amide bonds. The molecule has 64 valence electrons. The second-order valence-electron chi connectivity index (χ2n) is 2.19. The zero-order chi connectivity index (χ0) is 8.97. The number of phenolic OH excluding ortho intramolecular Hbond substituents is 1. The topological polar surface area (TPSA) is 44.6 Å². The zero-order valence-corrected chi connectivity index (χ0v) is 7.34. The van der Waals surface area contributed by atoms with Crippen molar-refractivity contribution in [1.82, 2.24) is 0 Å². The number of phenols is 1. The Morgan fingerprint density at radius 2 is 2.00 bits per heavy atom. The van der Waals surface area contributed by atoms with Crippen LogP contribution in [0.25, 0.3) is 0 Å². The van der Waals surface area contributed by atoms with Crippen molar-refractivity contribution in [3.05, 3.63) is 24.3 Å². The third kappa shape index (κ3) is 2.43. The number of hydrogen-bond donors (Lipinski definition) is 2. The molecule has 0 heterocycles. The Morgan fingerprint density at radius 1 is 1.42 bits per heavy atom. The summed E-state index contributed by atoms with van der Waals surface area (Å²) in [4.78, 5) is 3.71. The monoisotopic (exact) mass is 184 g/mol. The molecule has 1 aromatic carbocycles. The molecule has 0 spiro atoms. The first-order valence-corrected chi connectivity index (χ1v) is 3.78. The number of amidine groups is 1. The van der Waals surface area contributed by atoms with Gasteiger partial charge in [0.05, 0.1) is 0 Å². The number of rotatable bonds is 1. The first-order chi connectivity index (χ1) is 5.72. The number of benzene rings is 1. The maximum absolute atomic E-state index is 8.96. The van der Waals surface area contributed by atoms with E-state index in [-0.39, 0.29) is 5.75 Å². The summed E-state index contributed by atoms with van der Waals surface area (Å²) in [6, 6.07) is 6.57. The van der Waals surface area contributed by atoms with E-state index in [1.807, 2.05) is 0 Å². The van der Waals surface area contributed by atoms with Crippen LogP contribution < -0.4 is 5.32 Å². The van der Waals surface area contributed by atoms with Gasteiger partial charge in [0.1, 0.15) is 5.75 Å². The van der Waals surface area contributed by atoms with E-state index in [2.05, 4.69) is 10.3 Å². The molecule has 1 rings (SSSR count). The molecule has 1 aromatic rings. The van der Waals surface area contributed by atoms with Gasteiger partial charge in [0.2, 0.25) is 0 Å². The van der Waals surface area contributed by atoms with Crippen LogP contribution in [-0.2, 0) is 0 Å². The van der Waals surface area contributed by atoms with Crippen LogP contribution in [0.5, 0.6) is 5.75 Å². The average molecular weight is 185 g/mol. The Kier molecular flexibility index (Phi) is 2.94. The fourth-order valence-electron chi connectivity index (χ4n) is 0.720. The Morgan fingerprint density at radius 3 is 2.50 bits per heavy atom. The lowest BCUT2D eigenvalue weighted by molar-refractivity contribution is 0.475. The van der Waals surface area contributed by atoms with Gasteiger partial charge in [0, 0.05) is 12.7 Å². The van der Waals surface area contributed by atoms with Crippen molar-refractivity contribution in [2.75, 3.05) is 12.4 Å². The van der Waals surface area contributed by atoms with Crippen LogP contribution in [0.2, 0.25) is 0 Å². The zero-order valence-electron chi connectivity index (χ0n) is 6.58. The molecule has 4 heteroatoms. The molecule has 0 radical (unpaired) electrons. The Balaban J connectivity index is 2.71. The highest BCUT2D eigenvalue weighted by Gasteiger charge is 1.93. The summed E-state index contributed by atoms with van der Waals surface area (Å²) in [5.74, 6) is 0.227. The van der Waals surface area contributed by atoms with Gasteiger partial charge >= 0.3 is 0 Å². The van der Waals surface area contributed by atoms with Crippen LogP contribution in [0, 0.1) is 0 Å². The van der Waals surface area contributed by atoms with Gasteiger partial charge in [-0.3, -0.25) is 4.99 Å². The van der Waals surface area contributed by atoms with Crippen molar-refractivity contribution in [3.8, 4) is 5.75 Å². The van der Waals surface area contributed by atoms with E-state index in [1.54, 1.807) is 31.3 Å². The molecule has 0 aliphatic heterocycles. The molecule has 0 unspecified atom stereocenters. The fourth-order valence-corrected chi connectivity index (χ4v) is 0.829. The van der Waals surface area contributed by atoms with Crippen molar-refractivity contribution in [2.24, 2.45) is 4.99 Å². The van der Waals surface area contributed by atoms with Crippen molar-refractivity contribution >= 4 is 22.6 Å². The lowest BCUT2D eigenvalue weighted by atomic mass is 10.3. The summed E-state index contributed by atoms with van der Waals surface area (Å²) in [6.45, 7) is 0. The summed E-state index contributed by atoms with van der Waals surface area (Å²) >= 11 is 5.62. The standard InChI is InChI=1S/C8H9ClN2O/c1-10-8(9)11-6-2-4-7(12)5-3-6/h2-5,12H,1H3,(H,10,11). The minimum absolute atomic E-state index is 0.227. The molecular formula is C8H9ClN2O. The molecule has 0 saturated carbocycles. The predicted molar refractivity (Wildman–Crippen MR) is 50.9 cm³/mol. The van der Waals surface area contributed by atoms with Crippen LogP contribution in [0.4, 0.5) is 5.69 Å². The second kappa shape index (κ2) is 3.97.